The highest BCUT2D eigenvalue weighted by Crippen LogP contribution is 2.23. The molecule has 0 saturated heterocycles. The van der Waals surface area contributed by atoms with Gasteiger partial charge in [-0.1, -0.05) is 29.8 Å². The van der Waals surface area contributed by atoms with Crippen LogP contribution in [0.1, 0.15) is 34.2 Å². The topological polar surface area (TPSA) is 67.2 Å². The minimum Gasteiger partial charge on any atom is -0.387 e. The highest BCUT2D eigenvalue weighted by molar-refractivity contribution is 6.31. The number of hydrogen-bond acceptors (Lipinski definition) is 3. The van der Waals surface area contributed by atoms with Gasteiger partial charge in [0.2, 0.25) is 5.91 Å². The van der Waals surface area contributed by atoms with Crippen molar-refractivity contribution < 1.29 is 14.3 Å². The molecule has 1 unspecified atom stereocenters. The van der Waals surface area contributed by atoms with Crippen LogP contribution in [-0.2, 0) is 11.2 Å². The Morgan fingerprint density at radius 2 is 1.90 bits per heavy atom. The third-order valence-electron chi connectivity index (χ3n) is 4.93. The zero-order valence-electron chi connectivity index (χ0n) is 16.5. The van der Waals surface area contributed by atoms with Gasteiger partial charge in [-0.25, -0.2) is 9.07 Å². The van der Waals surface area contributed by atoms with Gasteiger partial charge in [0.15, 0.2) is 0 Å². The van der Waals surface area contributed by atoms with Gasteiger partial charge in [0.05, 0.1) is 23.9 Å². The van der Waals surface area contributed by atoms with Gasteiger partial charge in [-0.2, -0.15) is 5.10 Å². The van der Waals surface area contributed by atoms with E-state index >= 15 is 0 Å². The average Bonchev–Trinajstić information content (AvgIpc) is 2.97. The maximum absolute atomic E-state index is 13.0. The van der Waals surface area contributed by atoms with Crippen LogP contribution < -0.4 is 5.32 Å². The number of benzene rings is 2. The van der Waals surface area contributed by atoms with Crippen LogP contribution in [0.15, 0.2) is 42.5 Å². The molecule has 1 aromatic heterocycles. The summed E-state index contributed by atoms with van der Waals surface area (Å²) in [6, 6.07) is 11.3. The minimum absolute atomic E-state index is 0.0459. The van der Waals surface area contributed by atoms with Crippen molar-refractivity contribution in [2.24, 2.45) is 0 Å². The Bertz CT molecular complexity index is 1030. The Morgan fingerprint density at radius 3 is 2.55 bits per heavy atom. The molecule has 2 aromatic carbocycles. The number of carbonyl (C=O) groups is 1. The van der Waals surface area contributed by atoms with Crippen LogP contribution in [-0.4, -0.2) is 27.3 Å². The van der Waals surface area contributed by atoms with E-state index in [4.69, 9.17) is 11.6 Å². The minimum atomic E-state index is -0.904. The highest BCUT2D eigenvalue weighted by Gasteiger charge is 2.17. The molecule has 0 saturated carbocycles. The summed E-state index contributed by atoms with van der Waals surface area (Å²) in [7, 11) is 0. The molecule has 3 rings (SSSR count). The molecule has 3 aromatic rings. The molecule has 0 radical (unpaired) electrons. The molecule has 7 heteroatoms. The summed E-state index contributed by atoms with van der Waals surface area (Å²) in [5.41, 5.74) is 4.81. The first-order valence-electron chi connectivity index (χ1n) is 9.28. The second-order valence-corrected chi connectivity index (χ2v) is 7.45. The first kappa shape index (κ1) is 21.0. The summed E-state index contributed by atoms with van der Waals surface area (Å²) in [5, 5.41) is 18.1. The molecule has 1 atom stereocenters. The van der Waals surface area contributed by atoms with Gasteiger partial charge in [0.25, 0.3) is 0 Å². The second kappa shape index (κ2) is 8.76. The summed E-state index contributed by atoms with van der Waals surface area (Å²) in [5.74, 6) is -0.596. The van der Waals surface area contributed by atoms with Crippen LogP contribution in [0.4, 0.5) is 4.39 Å². The predicted molar refractivity (Wildman–Crippen MR) is 111 cm³/mol. The molecule has 0 spiro atoms. The molecule has 0 aliphatic rings. The number of aryl methyl sites for hydroxylation is 2. The molecule has 0 fully saturated rings. The second-order valence-electron chi connectivity index (χ2n) is 7.04. The number of aliphatic hydroxyl groups is 1. The van der Waals surface area contributed by atoms with Crippen molar-refractivity contribution in [2.75, 3.05) is 6.54 Å². The molecule has 1 heterocycles. The van der Waals surface area contributed by atoms with Crippen molar-refractivity contribution in [1.29, 1.82) is 0 Å². The van der Waals surface area contributed by atoms with Gasteiger partial charge in [0.1, 0.15) is 5.82 Å². The number of aromatic nitrogens is 2. The number of nitrogens with zero attached hydrogens (tertiary/aromatic N) is 2. The zero-order valence-corrected chi connectivity index (χ0v) is 17.3. The number of hydrogen-bond donors (Lipinski definition) is 2. The van der Waals surface area contributed by atoms with Crippen LogP contribution in [0, 0.1) is 26.6 Å². The van der Waals surface area contributed by atoms with Gasteiger partial charge in [-0.3, -0.25) is 4.79 Å². The lowest BCUT2D eigenvalue weighted by Crippen LogP contribution is -2.30. The average molecular weight is 416 g/mol. The van der Waals surface area contributed by atoms with Crippen LogP contribution in [0.2, 0.25) is 5.02 Å². The first-order valence-corrected chi connectivity index (χ1v) is 9.66. The zero-order chi connectivity index (χ0) is 21.1. The molecule has 0 bridgehead atoms. The van der Waals surface area contributed by atoms with E-state index in [9.17, 15) is 14.3 Å². The third-order valence-corrected chi connectivity index (χ3v) is 5.33. The van der Waals surface area contributed by atoms with Gasteiger partial charge in [-0.05, 0) is 56.2 Å². The smallest absolute Gasteiger partial charge is 0.224 e. The van der Waals surface area contributed by atoms with E-state index in [0.717, 1.165) is 28.2 Å². The lowest BCUT2D eigenvalue weighted by atomic mass is 10.1. The van der Waals surface area contributed by atoms with E-state index in [0.29, 0.717) is 10.6 Å². The molecule has 5 nitrogen and oxygen atoms in total. The van der Waals surface area contributed by atoms with Crippen LogP contribution in [0.5, 0.6) is 0 Å². The van der Waals surface area contributed by atoms with Crippen molar-refractivity contribution in [3.8, 4) is 5.69 Å². The van der Waals surface area contributed by atoms with Gasteiger partial charge < -0.3 is 10.4 Å². The van der Waals surface area contributed by atoms with Gasteiger partial charge in [0, 0.05) is 22.8 Å². The summed E-state index contributed by atoms with van der Waals surface area (Å²) in [6.07, 6.45) is -0.757. The highest BCUT2D eigenvalue weighted by atomic mass is 35.5. The maximum atomic E-state index is 13.0. The van der Waals surface area contributed by atoms with E-state index in [1.165, 1.54) is 24.3 Å². The lowest BCUT2D eigenvalue weighted by molar-refractivity contribution is -0.120. The Hall–Kier alpha value is -2.70. The Labute approximate surface area is 174 Å². The van der Waals surface area contributed by atoms with Crippen molar-refractivity contribution in [3.05, 3.63) is 81.4 Å². The van der Waals surface area contributed by atoms with Crippen molar-refractivity contribution in [2.45, 2.75) is 33.3 Å². The number of halogens is 2. The van der Waals surface area contributed by atoms with E-state index in [2.05, 4.69) is 10.4 Å². The summed E-state index contributed by atoms with van der Waals surface area (Å²) >= 11 is 6.23. The van der Waals surface area contributed by atoms with Crippen molar-refractivity contribution in [3.63, 3.8) is 0 Å². The number of carbonyl (C=O) groups excluding carboxylic acids is 1. The summed E-state index contributed by atoms with van der Waals surface area (Å²) in [6.45, 7) is 5.74. The van der Waals surface area contributed by atoms with E-state index in [1.807, 2.05) is 39.0 Å². The number of rotatable bonds is 6. The van der Waals surface area contributed by atoms with Crippen LogP contribution in [0.3, 0.4) is 0 Å². The van der Waals surface area contributed by atoms with E-state index in [-0.39, 0.29) is 24.7 Å². The first-order chi connectivity index (χ1) is 13.8. The summed E-state index contributed by atoms with van der Waals surface area (Å²) < 4.78 is 14.8. The molecule has 152 valence electrons. The van der Waals surface area contributed by atoms with Crippen molar-refractivity contribution >= 4 is 17.5 Å². The molecular formula is C22H23ClFN3O2. The Balaban J connectivity index is 1.68. The molecule has 2 N–H and O–H groups in total. The molecule has 0 aliphatic heterocycles. The quantitative estimate of drug-likeness (QED) is 0.639. The van der Waals surface area contributed by atoms with Crippen molar-refractivity contribution in [1.82, 2.24) is 15.1 Å². The third kappa shape index (κ3) is 4.83. The molecule has 1 amide bonds. The fourth-order valence-corrected chi connectivity index (χ4v) is 3.31. The fraction of sp³-hybridized carbons (Fsp3) is 0.273. The van der Waals surface area contributed by atoms with Crippen LogP contribution in [0.25, 0.3) is 5.69 Å². The lowest BCUT2D eigenvalue weighted by Gasteiger charge is -2.12. The monoisotopic (exact) mass is 415 g/mol. The summed E-state index contributed by atoms with van der Waals surface area (Å²) in [4.78, 5) is 12.4. The van der Waals surface area contributed by atoms with E-state index in [1.54, 1.807) is 4.68 Å². The van der Waals surface area contributed by atoms with E-state index < -0.39 is 6.10 Å². The molecule has 29 heavy (non-hydrogen) atoms. The fourth-order valence-electron chi connectivity index (χ4n) is 3.13. The molecular weight excluding hydrogens is 393 g/mol. The Morgan fingerprint density at radius 1 is 1.21 bits per heavy atom. The Kier molecular flexibility index (Phi) is 6.35. The predicted octanol–water partition coefficient (Wildman–Crippen LogP) is 3.98. The normalized spacial score (nSPS) is 12.1. The van der Waals surface area contributed by atoms with Gasteiger partial charge >= 0.3 is 0 Å². The van der Waals surface area contributed by atoms with Gasteiger partial charge in [-0.15, -0.1) is 0 Å². The SMILES string of the molecule is Cc1ccc(-n2nc(C)c(CC(=O)NCC(O)c3ccc(F)cc3)c2C)cc1Cl. The largest absolute Gasteiger partial charge is 0.387 e. The standard InChI is InChI=1S/C22H23ClFN3O2/c1-13-4-9-18(10-20(13)23)27-15(3)19(14(2)26-27)11-22(29)25-12-21(28)16-5-7-17(24)8-6-16/h4-10,21,28H,11-12H2,1-3H3,(H,25,29). The number of aliphatic hydroxyl groups excluding tert-OH is 1. The maximum Gasteiger partial charge on any atom is 0.224 e. The number of amides is 1. The molecule has 0 aliphatic carbocycles. The number of nitrogens with one attached hydrogen (secondary N) is 1. The van der Waals surface area contributed by atoms with Crippen LogP contribution >= 0.6 is 11.6 Å².